The molecule has 2 rings (SSSR count). The molecule has 0 aliphatic rings. The van der Waals surface area contributed by atoms with Gasteiger partial charge in [0.2, 0.25) is 5.24 Å². The molecular weight excluding hydrogens is 300 g/mol. The summed E-state index contributed by atoms with van der Waals surface area (Å²) < 4.78 is 11.2. The van der Waals surface area contributed by atoms with E-state index in [-0.39, 0.29) is 0 Å². The van der Waals surface area contributed by atoms with Gasteiger partial charge in [-0.1, -0.05) is 36.4 Å². The number of benzene rings is 2. The van der Waals surface area contributed by atoms with Crippen molar-refractivity contribution in [3.05, 3.63) is 65.2 Å². The Morgan fingerprint density at radius 3 is 2.64 bits per heavy atom. The Morgan fingerprint density at radius 2 is 1.95 bits per heavy atom. The van der Waals surface area contributed by atoms with E-state index in [1.807, 2.05) is 43.3 Å². The van der Waals surface area contributed by atoms with Crippen molar-refractivity contribution in [1.82, 2.24) is 0 Å². The van der Waals surface area contributed by atoms with Crippen LogP contribution in [0.2, 0.25) is 0 Å². The van der Waals surface area contributed by atoms with Crippen molar-refractivity contribution in [3.63, 3.8) is 0 Å². The maximum Gasteiger partial charge on any atom is 0.245 e. The molecule has 0 heterocycles. The summed E-state index contributed by atoms with van der Waals surface area (Å²) in [5.74, 6) is 1.26. The highest BCUT2D eigenvalue weighted by Crippen LogP contribution is 2.29. The molecule has 0 aromatic heterocycles. The van der Waals surface area contributed by atoms with Crippen molar-refractivity contribution in [2.24, 2.45) is 0 Å². The van der Waals surface area contributed by atoms with Gasteiger partial charge in [0, 0.05) is 0 Å². The molecule has 0 aliphatic heterocycles. The maximum atomic E-state index is 10.8. The Labute approximate surface area is 135 Å². The quantitative estimate of drug-likeness (QED) is 0.586. The van der Waals surface area contributed by atoms with Crippen molar-refractivity contribution in [3.8, 4) is 11.5 Å². The van der Waals surface area contributed by atoms with Gasteiger partial charge in [0.15, 0.2) is 11.5 Å². The van der Waals surface area contributed by atoms with Gasteiger partial charge in [0.1, 0.15) is 6.61 Å². The molecule has 0 amide bonds. The van der Waals surface area contributed by atoms with E-state index < -0.39 is 5.24 Å². The lowest BCUT2D eigenvalue weighted by Crippen LogP contribution is -1.99. The van der Waals surface area contributed by atoms with Crippen LogP contribution in [0.25, 0.3) is 6.08 Å². The lowest BCUT2D eigenvalue weighted by Gasteiger charge is -2.12. The summed E-state index contributed by atoms with van der Waals surface area (Å²) in [5, 5.41) is -0.515. The summed E-state index contributed by atoms with van der Waals surface area (Å²) in [7, 11) is 1.58. The number of rotatable bonds is 6. The zero-order valence-electron chi connectivity index (χ0n) is 12.5. The normalized spacial score (nSPS) is 10.7. The molecule has 0 N–H and O–H groups in total. The highest BCUT2D eigenvalue weighted by Gasteiger charge is 2.06. The van der Waals surface area contributed by atoms with Crippen LogP contribution in [0.3, 0.4) is 0 Å². The molecule has 4 heteroatoms. The Kier molecular flexibility index (Phi) is 5.61. The van der Waals surface area contributed by atoms with E-state index in [0.717, 1.165) is 11.1 Å². The Morgan fingerprint density at radius 1 is 1.18 bits per heavy atom. The molecule has 0 bridgehead atoms. The van der Waals surface area contributed by atoms with Crippen LogP contribution in [-0.4, -0.2) is 12.4 Å². The number of allylic oxidation sites excluding steroid dienone is 1. The van der Waals surface area contributed by atoms with E-state index in [1.54, 1.807) is 19.3 Å². The first-order valence-electron chi connectivity index (χ1n) is 6.83. The fourth-order valence-electron chi connectivity index (χ4n) is 2.00. The average molecular weight is 317 g/mol. The summed E-state index contributed by atoms with van der Waals surface area (Å²) in [5.41, 5.74) is 3.12. The van der Waals surface area contributed by atoms with E-state index in [0.29, 0.717) is 18.1 Å². The largest absolute Gasteiger partial charge is 0.493 e. The summed E-state index contributed by atoms with van der Waals surface area (Å²) in [6.07, 6.45) is 2.92. The molecular formula is C18H17ClO3. The van der Waals surface area contributed by atoms with Gasteiger partial charge < -0.3 is 9.47 Å². The van der Waals surface area contributed by atoms with Gasteiger partial charge >= 0.3 is 0 Å². The Bertz CT molecular complexity index is 692. The zero-order valence-corrected chi connectivity index (χ0v) is 13.3. The van der Waals surface area contributed by atoms with Gasteiger partial charge in [0.25, 0.3) is 0 Å². The van der Waals surface area contributed by atoms with Gasteiger partial charge in [-0.2, -0.15) is 0 Å². The number of methoxy groups -OCH3 is 1. The number of halogens is 1. The predicted octanol–water partition coefficient (Wildman–Crippen LogP) is 4.36. The number of carbonyl (C=O) groups is 1. The second-order valence-corrected chi connectivity index (χ2v) is 5.14. The SMILES string of the molecule is COc1cc(/C=C/C(=O)Cl)ccc1OCc1ccccc1C. The van der Waals surface area contributed by atoms with Crippen molar-refractivity contribution in [1.29, 1.82) is 0 Å². The third-order valence-electron chi connectivity index (χ3n) is 3.24. The summed E-state index contributed by atoms with van der Waals surface area (Å²) in [6.45, 7) is 2.52. The van der Waals surface area contributed by atoms with Gasteiger partial charge in [-0.05, 0) is 53.4 Å². The molecule has 0 unspecified atom stereocenters. The van der Waals surface area contributed by atoms with Crippen molar-refractivity contribution >= 4 is 22.9 Å². The topological polar surface area (TPSA) is 35.5 Å². The van der Waals surface area contributed by atoms with Gasteiger partial charge in [-0.3, -0.25) is 4.79 Å². The smallest absolute Gasteiger partial charge is 0.245 e. The van der Waals surface area contributed by atoms with Crippen molar-refractivity contribution in [2.75, 3.05) is 7.11 Å². The molecule has 0 aliphatic carbocycles. The predicted molar refractivity (Wildman–Crippen MR) is 88.4 cm³/mol. The van der Waals surface area contributed by atoms with E-state index in [9.17, 15) is 4.79 Å². The highest BCUT2D eigenvalue weighted by molar-refractivity contribution is 6.66. The molecule has 0 atom stereocenters. The zero-order chi connectivity index (χ0) is 15.9. The lowest BCUT2D eigenvalue weighted by atomic mass is 10.1. The monoisotopic (exact) mass is 316 g/mol. The van der Waals surface area contributed by atoms with Crippen LogP contribution in [0.5, 0.6) is 11.5 Å². The molecule has 0 radical (unpaired) electrons. The number of carbonyl (C=O) groups excluding carboxylic acids is 1. The molecule has 114 valence electrons. The van der Waals surface area contributed by atoms with Crippen molar-refractivity contribution < 1.29 is 14.3 Å². The Hall–Kier alpha value is -2.26. The lowest BCUT2D eigenvalue weighted by molar-refractivity contribution is -0.107. The Balaban J connectivity index is 2.14. The van der Waals surface area contributed by atoms with Crippen LogP contribution < -0.4 is 9.47 Å². The minimum atomic E-state index is -0.515. The maximum absolute atomic E-state index is 10.8. The third-order valence-corrected chi connectivity index (χ3v) is 3.36. The standard InChI is InChI=1S/C18H17ClO3/c1-13-5-3-4-6-15(13)12-22-16-9-7-14(8-10-18(19)20)11-17(16)21-2/h3-11H,12H2,1-2H3/b10-8+. The van der Waals surface area contributed by atoms with E-state index in [1.165, 1.54) is 11.6 Å². The number of aryl methyl sites for hydroxylation is 1. The molecule has 22 heavy (non-hydrogen) atoms. The summed E-state index contributed by atoms with van der Waals surface area (Å²) in [6, 6.07) is 13.5. The third kappa shape index (κ3) is 4.37. The molecule has 2 aromatic rings. The molecule has 3 nitrogen and oxygen atoms in total. The number of hydrogen-bond acceptors (Lipinski definition) is 3. The first-order chi connectivity index (χ1) is 10.6. The minimum absolute atomic E-state index is 0.471. The van der Waals surface area contributed by atoms with Gasteiger partial charge in [-0.25, -0.2) is 0 Å². The fraction of sp³-hybridized carbons (Fsp3) is 0.167. The van der Waals surface area contributed by atoms with Gasteiger partial charge in [0.05, 0.1) is 7.11 Å². The highest BCUT2D eigenvalue weighted by atomic mass is 35.5. The number of hydrogen-bond donors (Lipinski definition) is 0. The molecule has 0 saturated carbocycles. The average Bonchev–Trinajstić information content (AvgIpc) is 2.52. The van der Waals surface area contributed by atoms with Crippen LogP contribution in [0, 0.1) is 6.92 Å². The summed E-state index contributed by atoms with van der Waals surface area (Å²) >= 11 is 5.28. The molecule has 2 aromatic carbocycles. The first-order valence-corrected chi connectivity index (χ1v) is 7.21. The first kappa shape index (κ1) is 16.1. The fourth-order valence-corrected chi connectivity index (χ4v) is 2.06. The molecule has 0 spiro atoms. The second kappa shape index (κ2) is 7.66. The van der Waals surface area contributed by atoms with Crippen LogP contribution in [-0.2, 0) is 11.4 Å². The number of ether oxygens (including phenoxy) is 2. The van der Waals surface area contributed by atoms with Crippen LogP contribution in [0.4, 0.5) is 0 Å². The minimum Gasteiger partial charge on any atom is -0.493 e. The molecule has 0 fully saturated rings. The van der Waals surface area contributed by atoms with Crippen LogP contribution in [0.1, 0.15) is 16.7 Å². The van der Waals surface area contributed by atoms with Crippen LogP contribution >= 0.6 is 11.6 Å². The van der Waals surface area contributed by atoms with Gasteiger partial charge in [-0.15, -0.1) is 0 Å². The molecule has 0 saturated heterocycles. The van der Waals surface area contributed by atoms with E-state index in [4.69, 9.17) is 21.1 Å². The summed E-state index contributed by atoms with van der Waals surface area (Å²) in [4.78, 5) is 10.8. The van der Waals surface area contributed by atoms with Crippen molar-refractivity contribution in [2.45, 2.75) is 13.5 Å². The van der Waals surface area contributed by atoms with E-state index in [2.05, 4.69) is 0 Å². The second-order valence-electron chi connectivity index (χ2n) is 4.76. The van der Waals surface area contributed by atoms with Crippen LogP contribution in [0.15, 0.2) is 48.5 Å². The van der Waals surface area contributed by atoms with E-state index >= 15 is 0 Å².